The molecule has 0 aliphatic heterocycles. The van der Waals surface area contributed by atoms with Gasteiger partial charge in [-0.05, 0) is 51.6 Å². The van der Waals surface area contributed by atoms with Gasteiger partial charge in [-0.15, -0.1) is 0 Å². The highest BCUT2D eigenvalue weighted by Crippen LogP contribution is 2.27. The minimum atomic E-state index is 0.751. The molecule has 2 aromatic rings. The van der Waals surface area contributed by atoms with E-state index in [4.69, 9.17) is 0 Å². The van der Waals surface area contributed by atoms with Crippen LogP contribution in [0.4, 0.5) is 5.95 Å². The summed E-state index contributed by atoms with van der Waals surface area (Å²) in [5.41, 5.74) is 1.26. The average Bonchev–Trinajstić information content (AvgIpc) is 2.95. The average molecular weight is 263 g/mol. The molecular formula is C12H17N5S. The molecule has 0 N–H and O–H groups in total. The molecule has 3 rings (SSSR count). The Kier molecular flexibility index (Phi) is 3.27. The second-order valence-corrected chi connectivity index (χ2v) is 5.73. The summed E-state index contributed by atoms with van der Waals surface area (Å²) >= 11 is 1.70. The second-order valence-electron chi connectivity index (χ2n) is 4.95. The van der Waals surface area contributed by atoms with Crippen molar-refractivity contribution in [3.8, 4) is 0 Å². The molecule has 0 spiro atoms. The first-order chi connectivity index (χ1) is 8.83. The third kappa shape index (κ3) is 2.38. The van der Waals surface area contributed by atoms with Crippen molar-refractivity contribution in [3.63, 3.8) is 0 Å². The molecule has 0 amide bonds. The number of anilines is 1. The molecule has 6 heteroatoms. The monoisotopic (exact) mass is 263 g/mol. The van der Waals surface area contributed by atoms with Crippen LogP contribution in [0.15, 0.2) is 16.8 Å². The van der Waals surface area contributed by atoms with Crippen LogP contribution in [-0.2, 0) is 6.54 Å². The molecule has 1 aliphatic rings. The SMILES string of the molecule is CN(CC1CCC1)c1nnnn1Cc1ccsc1. The molecule has 1 aliphatic carbocycles. The van der Waals surface area contributed by atoms with Crippen LogP contribution < -0.4 is 4.90 Å². The minimum Gasteiger partial charge on any atom is -0.342 e. The van der Waals surface area contributed by atoms with E-state index in [1.807, 2.05) is 4.68 Å². The Balaban J connectivity index is 1.69. The zero-order valence-electron chi connectivity index (χ0n) is 10.5. The molecule has 0 unspecified atom stereocenters. The normalized spacial score (nSPS) is 15.6. The Labute approximate surface area is 110 Å². The number of thiophene rings is 1. The van der Waals surface area contributed by atoms with E-state index in [2.05, 4.69) is 44.3 Å². The Hall–Kier alpha value is -1.43. The Morgan fingerprint density at radius 3 is 3.06 bits per heavy atom. The Morgan fingerprint density at radius 1 is 1.50 bits per heavy atom. The van der Waals surface area contributed by atoms with E-state index < -0.39 is 0 Å². The first-order valence-electron chi connectivity index (χ1n) is 6.31. The first-order valence-corrected chi connectivity index (χ1v) is 7.25. The van der Waals surface area contributed by atoms with Crippen molar-refractivity contribution >= 4 is 17.3 Å². The number of hydrogen-bond acceptors (Lipinski definition) is 5. The zero-order valence-corrected chi connectivity index (χ0v) is 11.3. The zero-order chi connectivity index (χ0) is 12.4. The maximum Gasteiger partial charge on any atom is 0.245 e. The summed E-state index contributed by atoms with van der Waals surface area (Å²) < 4.78 is 1.88. The molecule has 2 heterocycles. The van der Waals surface area contributed by atoms with Gasteiger partial charge in [0.1, 0.15) is 0 Å². The van der Waals surface area contributed by atoms with Crippen LogP contribution in [0.5, 0.6) is 0 Å². The van der Waals surface area contributed by atoms with Gasteiger partial charge in [0.2, 0.25) is 5.95 Å². The molecule has 0 bridgehead atoms. The van der Waals surface area contributed by atoms with Crippen molar-refractivity contribution in [2.45, 2.75) is 25.8 Å². The van der Waals surface area contributed by atoms with Gasteiger partial charge >= 0.3 is 0 Å². The molecule has 0 aromatic carbocycles. The summed E-state index contributed by atoms with van der Waals surface area (Å²) in [5.74, 6) is 1.69. The summed E-state index contributed by atoms with van der Waals surface area (Å²) in [5, 5.41) is 16.2. The molecule has 1 saturated carbocycles. The fraction of sp³-hybridized carbons (Fsp3) is 0.583. The van der Waals surface area contributed by atoms with E-state index in [0.717, 1.165) is 25.0 Å². The van der Waals surface area contributed by atoms with Crippen LogP contribution in [-0.4, -0.2) is 33.8 Å². The van der Waals surface area contributed by atoms with Gasteiger partial charge in [-0.25, -0.2) is 4.68 Å². The number of nitrogens with zero attached hydrogens (tertiary/aromatic N) is 5. The lowest BCUT2D eigenvalue weighted by atomic mass is 9.85. The quantitative estimate of drug-likeness (QED) is 0.828. The summed E-state index contributed by atoms with van der Waals surface area (Å²) in [7, 11) is 2.08. The van der Waals surface area contributed by atoms with Gasteiger partial charge in [0.05, 0.1) is 6.54 Å². The lowest BCUT2D eigenvalue weighted by molar-refractivity contribution is 0.319. The number of hydrogen-bond donors (Lipinski definition) is 0. The van der Waals surface area contributed by atoms with Crippen molar-refractivity contribution < 1.29 is 0 Å². The van der Waals surface area contributed by atoms with Gasteiger partial charge in [-0.3, -0.25) is 0 Å². The lowest BCUT2D eigenvalue weighted by Gasteiger charge is -2.30. The van der Waals surface area contributed by atoms with Gasteiger partial charge in [-0.1, -0.05) is 11.5 Å². The summed E-state index contributed by atoms with van der Waals surface area (Å²) in [4.78, 5) is 2.18. The van der Waals surface area contributed by atoms with Gasteiger partial charge in [0.25, 0.3) is 0 Å². The third-order valence-corrected chi connectivity index (χ3v) is 4.26. The minimum absolute atomic E-state index is 0.751. The molecule has 1 fully saturated rings. The second kappa shape index (κ2) is 5.06. The van der Waals surface area contributed by atoms with E-state index in [1.54, 1.807) is 11.3 Å². The fourth-order valence-corrected chi connectivity index (χ4v) is 2.94. The van der Waals surface area contributed by atoms with Crippen LogP contribution in [0.25, 0.3) is 0 Å². The number of aromatic nitrogens is 4. The van der Waals surface area contributed by atoms with E-state index in [0.29, 0.717) is 0 Å². The van der Waals surface area contributed by atoms with E-state index in [-0.39, 0.29) is 0 Å². The maximum absolute atomic E-state index is 4.14. The topological polar surface area (TPSA) is 46.8 Å². The van der Waals surface area contributed by atoms with Gasteiger partial charge in [0, 0.05) is 13.6 Å². The molecule has 2 aromatic heterocycles. The highest BCUT2D eigenvalue weighted by atomic mass is 32.1. The van der Waals surface area contributed by atoms with Crippen LogP contribution >= 0.6 is 11.3 Å². The van der Waals surface area contributed by atoms with E-state index in [1.165, 1.54) is 24.8 Å². The third-order valence-electron chi connectivity index (χ3n) is 3.52. The van der Waals surface area contributed by atoms with Crippen LogP contribution in [0.2, 0.25) is 0 Å². The van der Waals surface area contributed by atoms with Crippen molar-refractivity contribution in [3.05, 3.63) is 22.4 Å². The number of tetrazole rings is 1. The molecule has 18 heavy (non-hydrogen) atoms. The standard InChI is InChI=1S/C12H17N5S/c1-16(7-10-3-2-4-10)12-13-14-15-17(12)8-11-5-6-18-9-11/h5-6,9-10H,2-4,7-8H2,1H3. The molecular weight excluding hydrogens is 246 g/mol. The highest BCUT2D eigenvalue weighted by Gasteiger charge is 2.21. The predicted octanol–water partition coefficient (Wildman–Crippen LogP) is 2.02. The number of rotatable bonds is 5. The van der Waals surface area contributed by atoms with Crippen LogP contribution in [0, 0.1) is 5.92 Å². The maximum atomic E-state index is 4.14. The van der Waals surface area contributed by atoms with Crippen LogP contribution in [0.3, 0.4) is 0 Å². The van der Waals surface area contributed by atoms with E-state index in [9.17, 15) is 0 Å². The summed E-state index contributed by atoms with van der Waals surface area (Å²) in [6, 6.07) is 2.11. The Morgan fingerprint density at radius 2 is 2.39 bits per heavy atom. The van der Waals surface area contributed by atoms with Gasteiger partial charge in [0.15, 0.2) is 0 Å². The summed E-state index contributed by atoms with van der Waals surface area (Å²) in [6.45, 7) is 1.81. The Bertz CT molecular complexity index is 488. The predicted molar refractivity (Wildman–Crippen MR) is 71.8 cm³/mol. The molecule has 0 radical (unpaired) electrons. The molecule has 0 saturated heterocycles. The smallest absolute Gasteiger partial charge is 0.245 e. The van der Waals surface area contributed by atoms with Crippen molar-refractivity contribution in [2.24, 2.45) is 5.92 Å². The molecule has 96 valence electrons. The lowest BCUT2D eigenvalue weighted by Crippen LogP contribution is -2.31. The highest BCUT2D eigenvalue weighted by molar-refractivity contribution is 7.07. The van der Waals surface area contributed by atoms with Gasteiger partial charge in [-0.2, -0.15) is 11.3 Å². The van der Waals surface area contributed by atoms with Gasteiger partial charge < -0.3 is 4.90 Å². The first kappa shape index (κ1) is 11.6. The van der Waals surface area contributed by atoms with Crippen molar-refractivity contribution in [1.82, 2.24) is 20.2 Å². The molecule has 5 nitrogen and oxygen atoms in total. The van der Waals surface area contributed by atoms with Crippen molar-refractivity contribution in [2.75, 3.05) is 18.5 Å². The van der Waals surface area contributed by atoms with Crippen molar-refractivity contribution in [1.29, 1.82) is 0 Å². The summed E-state index contributed by atoms with van der Waals surface area (Å²) in [6.07, 6.45) is 4.06. The molecule has 0 atom stereocenters. The van der Waals surface area contributed by atoms with Crippen LogP contribution in [0.1, 0.15) is 24.8 Å². The van der Waals surface area contributed by atoms with E-state index >= 15 is 0 Å². The largest absolute Gasteiger partial charge is 0.342 e. The fourth-order valence-electron chi connectivity index (χ4n) is 2.28.